The van der Waals surface area contributed by atoms with Crippen LogP contribution >= 0.6 is 15.9 Å². The molecule has 2 rings (SSSR count). The van der Waals surface area contributed by atoms with Crippen LogP contribution in [0.15, 0.2) is 22.7 Å². The molecule has 1 atom stereocenters. The molecule has 0 saturated carbocycles. The number of cyclic esters (lactones) is 1. The molecular formula is C10H9BrFNO3. The monoisotopic (exact) mass is 289 g/mol. The van der Waals surface area contributed by atoms with Crippen LogP contribution in [0.25, 0.3) is 0 Å². The Bertz CT molecular complexity index is 427. The Morgan fingerprint density at radius 2 is 2.38 bits per heavy atom. The third-order valence-electron chi connectivity index (χ3n) is 2.26. The average Bonchev–Trinajstić information content (AvgIpc) is 2.64. The van der Waals surface area contributed by atoms with Crippen molar-refractivity contribution in [3.05, 3.63) is 28.5 Å². The summed E-state index contributed by atoms with van der Waals surface area (Å²) in [6, 6.07) is 4.44. The lowest BCUT2D eigenvalue weighted by Crippen LogP contribution is -2.24. The summed E-state index contributed by atoms with van der Waals surface area (Å²) in [4.78, 5) is 12.8. The van der Waals surface area contributed by atoms with Gasteiger partial charge in [0, 0.05) is 7.11 Å². The first kappa shape index (κ1) is 11.3. The Labute approximate surface area is 100 Å². The van der Waals surface area contributed by atoms with Crippen LogP contribution in [0.1, 0.15) is 0 Å². The van der Waals surface area contributed by atoms with Crippen molar-refractivity contribution >= 4 is 27.7 Å². The largest absolute Gasteiger partial charge is 0.417 e. The minimum atomic E-state index is -0.598. The zero-order valence-electron chi connectivity index (χ0n) is 8.44. The summed E-state index contributed by atoms with van der Waals surface area (Å²) < 4.78 is 23.4. The highest BCUT2D eigenvalue weighted by molar-refractivity contribution is 9.10. The molecule has 1 heterocycles. The standard InChI is InChI=1S/C10H9BrFNO3/c1-15-9-5-13(10(14)16-9)6-2-3-7(11)8(12)4-6/h2-4,9H,5H2,1H3. The van der Waals surface area contributed by atoms with Crippen molar-refractivity contribution in [2.45, 2.75) is 6.29 Å². The first-order valence-corrected chi connectivity index (χ1v) is 5.37. The van der Waals surface area contributed by atoms with E-state index in [2.05, 4.69) is 15.9 Å². The summed E-state index contributed by atoms with van der Waals surface area (Å²) in [6.45, 7) is 0.260. The molecule has 1 fully saturated rings. The van der Waals surface area contributed by atoms with Gasteiger partial charge in [0.25, 0.3) is 0 Å². The molecule has 0 N–H and O–H groups in total. The van der Waals surface area contributed by atoms with E-state index in [0.717, 1.165) is 0 Å². The van der Waals surface area contributed by atoms with Gasteiger partial charge in [-0.05, 0) is 34.1 Å². The van der Waals surface area contributed by atoms with Crippen molar-refractivity contribution < 1.29 is 18.7 Å². The minimum absolute atomic E-state index is 0.260. The Balaban J connectivity index is 2.24. The fourth-order valence-corrected chi connectivity index (χ4v) is 1.67. The van der Waals surface area contributed by atoms with Crippen molar-refractivity contribution in [2.24, 2.45) is 0 Å². The minimum Gasteiger partial charge on any atom is -0.417 e. The average molecular weight is 290 g/mol. The quantitative estimate of drug-likeness (QED) is 0.840. The summed E-state index contributed by atoms with van der Waals surface area (Å²) in [5, 5.41) is 0. The number of rotatable bonds is 2. The highest BCUT2D eigenvalue weighted by Gasteiger charge is 2.32. The molecule has 16 heavy (non-hydrogen) atoms. The maximum Gasteiger partial charge on any atom is 0.416 e. The van der Waals surface area contributed by atoms with Crippen LogP contribution in [0.5, 0.6) is 0 Å². The van der Waals surface area contributed by atoms with Gasteiger partial charge in [-0.25, -0.2) is 9.18 Å². The second-order valence-corrected chi connectivity index (χ2v) is 4.11. The first-order valence-electron chi connectivity index (χ1n) is 4.58. The first-order chi connectivity index (χ1) is 7.61. The van der Waals surface area contributed by atoms with Gasteiger partial charge in [0.05, 0.1) is 16.7 Å². The molecule has 86 valence electrons. The molecule has 1 aliphatic heterocycles. The van der Waals surface area contributed by atoms with E-state index in [1.54, 1.807) is 6.07 Å². The van der Waals surface area contributed by atoms with E-state index in [4.69, 9.17) is 9.47 Å². The second kappa shape index (κ2) is 4.39. The van der Waals surface area contributed by atoms with Gasteiger partial charge in [0.15, 0.2) is 0 Å². The Hall–Kier alpha value is -1.14. The van der Waals surface area contributed by atoms with E-state index in [1.807, 2.05) is 0 Å². The number of ether oxygens (including phenoxy) is 2. The van der Waals surface area contributed by atoms with E-state index in [9.17, 15) is 9.18 Å². The van der Waals surface area contributed by atoms with Gasteiger partial charge in [-0.2, -0.15) is 0 Å². The van der Waals surface area contributed by atoms with Gasteiger partial charge < -0.3 is 9.47 Å². The molecule has 0 spiro atoms. The number of anilines is 1. The fraction of sp³-hybridized carbons (Fsp3) is 0.300. The van der Waals surface area contributed by atoms with Crippen LogP contribution in [0, 0.1) is 5.82 Å². The van der Waals surface area contributed by atoms with Crippen LogP contribution in [-0.4, -0.2) is 26.0 Å². The third-order valence-corrected chi connectivity index (χ3v) is 2.91. The Morgan fingerprint density at radius 1 is 1.62 bits per heavy atom. The molecule has 1 amide bonds. The molecule has 6 heteroatoms. The molecule has 1 aliphatic rings. The van der Waals surface area contributed by atoms with Gasteiger partial charge in [0.2, 0.25) is 6.29 Å². The van der Waals surface area contributed by atoms with Gasteiger partial charge in [-0.1, -0.05) is 0 Å². The molecule has 4 nitrogen and oxygen atoms in total. The van der Waals surface area contributed by atoms with Crippen LogP contribution in [-0.2, 0) is 9.47 Å². The molecule has 0 aliphatic carbocycles. The number of amides is 1. The molecular weight excluding hydrogens is 281 g/mol. The maximum atomic E-state index is 13.3. The number of methoxy groups -OCH3 is 1. The van der Waals surface area contributed by atoms with Crippen LogP contribution in [0.2, 0.25) is 0 Å². The van der Waals surface area contributed by atoms with Crippen molar-refractivity contribution in [2.75, 3.05) is 18.6 Å². The SMILES string of the molecule is COC1CN(c2ccc(Br)c(F)c2)C(=O)O1. The summed E-state index contributed by atoms with van der Waals surface area (Å²) in [6.07, 6.45) is -1.13. The van der Waals surface area contributed by atoms with Gasteiger partial charge in [-0.3, -0.25) is 4.90 Å². The van der Waals surface area contributed by atoms with Crippen molar-refractivity contribution in [1.29, 1.82) is 0 Å². The number of nitrogens with zero attached hydrogens (tertiary/aromatic N) is 1. The summed E-state index contributed by atoms with van der Waals surface area (Å²) in [5.74, 6) is -0.425. The lowest BCUT2D eigenvalue weighted by atomic mass is 10.3. The normalized spacial score (nSPS) is 20.1. The van der Waals surface area contributed by atoms with E-state index in [-0.39, 0.29) is 6.54 Å². The molecule has 1 unspecified atom stereocenters. The molecule has 1 aromatic carbocycles. The highest BCUT2D eigenvalue weighted by Crippen LogP contribution is 2.25. The van der Waals surface area contributed by atoms with Gasteiger partial charge >= 0.3 is 6.09 Å². The van der Waals surface area contributed by atoms with E-state index >= 15 is 0 Å². The van der Waals surface area contributed by atoms with E-state index in [0.29, 0.717) is 10.2 Å². The topological polar surface area (TPSA) is 38.8 Å². The number of hydrogen-bond acceptors (Lipinski definition) is 3. The highest BCUT2D eigenvalue weighted by atomic mass is 79.9. The number of halogens is 2. The predicted molar refractivity (Wildman–Crippen MR) is 58.7 cm³/mol. The van der Waals surface area contributed by atoms with Gasteiger partial charge in [-0.15, -0.1) is 0 Å². The van der Waals surface area contributed by atoms with Gasteiger partial charge in [0.1, 0.15) is 5.82 Å². The third kappa shape index (κ3) is 2.03. The zero-order chi connectivity index (χ0) is 11.7. The Kier molecular flexibility index (Phi) is 3.11. The summed E-state index contributed by atoms with van der Waals surface area (Å²) in [7, 11) is 1.45. The van der Waals surface area contributed by atoms with E-state index in [1.165, 1.54) is 24.1 Å². The second-order valence-electron chi connectivity index (χ2n) is 3.26. The van der Waals surface area contributed by atoms with Crippen LogP contribution < -0.4 is 4.90 Å². The number of carbonyl (C=O) groups excluding carboxylic acids is 1. The lowest BCUT2D eigenvalue weighted by molar-refractivity contribution is -0.0488. The molecule has 1 aromatic rings. The number of carbonyl (C=O) groups is 1. The van der Waals surface area contributed by atoms with Crippen molar-refractivity contribution in [1.82, 2.24) is 0 Å². The fourth-order valence-electron chi connectivity index (χ4n) is 1.42. The Morgan fingerprint density at radius 3 is 2.94 bits per heavy atom. The number of benzene rings is 1. The molecule has 1 saturated heterocycles. The predicted octanol–water partition coefficient (Wildman–Crippen LogP) is 2.52. The molecule has 0 bridgehead atoms. The number of hydrogen-bond donors (Lipinski definition) is 0. The van der Waals surface area contributed by atoms with Crippen LogP contribution in [0.4, 0.5) is 14.9 Å². The van der Waals surface area contributed by atoms with Crippen LogP contribution in [0.3, 0.4) is 0 Å². The molecule has 0 aromatic heterocycles. The maximum absolute atomic E-state index is 13.3. The summed E-state index contributed by atoms with van der Waals surface area (Å²) >= 11 is 3.04. The van der Waals surface area contributed by atoms with Crippen molar-refractivity contribution in [3.63, 3.8) is 0 Å². The molecule has 0 radical (unpaired) electrons. The lowest BCUT2D eigenvalue weighted by Gasteiger charge is -2.12. The van der Waals surface area contributed by atoms with E-state index < -0.39 is 18.2 Å². The summed E-state index contributed by atoms with van der Waals surface area (Å²) in [5.41, 5.74) is 0.449. The zero-order valence-corrected chi connectivity index (χ0v) is 10.0. The van der Waals surface area contributed by atoms with Crippen molar-refractivity contribution in [3.8, 4) is 0 Å². The smallest absolute Gasteiger partial charge is 0.416 e.